The second-order valence-electron chi connectivity index (χ2n) is 10.3. The number of nitrogens with one attached hydrogen (secondary N) is 1. The van der Waals surface area contributed by atoms with E-state index in [1.807, 2.05) is 0 Å². The van der Waals surface area contributed by atoms with Crippen molar-refractivity contribution in [3.63, 3.8) is 0 Å². The van der Waals surface area contributed by atoms with Crippen molar-refractivity contribution in [2.24, 2.45) is 17.8 Å². The first kappa shape index (κ1) is 22.1. The van der Waals surface area contributed by atoms with Crippen molar-refractivity contribution in [3.05, 3.63) is 29.6 Å². The van der Waals surface area contributed by atoms with Crippen LogP contribution in [0.2, 0.25) is 0 Å². The van der Waals surface area contributed by atoms with E-state index in [9.17, 15) is 18.1 Å². The molecule has 0 aliphatic heterocycles. The first-order chi connectivity index (χ1) is 14.4. The number of amidine groups is 1. The van der Waals surface area contributed by atoms with Gasteiger partial charge in [-0.3, -0.25) is 10.3 Å². The van der Waals surface area contributed by atoms with Gasteiger partial charge in [-0.2, -0.15) is 5.26 Å². The van der Waals surface area contributed by atoms with Gasteiger partial charge in [-0.15, -0.1) is 0 Å². The van der Waals surface area contributed by atoms with Crippen molar-refractivity contribution < 1.29 is 17.5 Å². The highest BCUT2D eigenvalue weighted by molar-refractivity contribution is 7.92. The molecule has 0 heterocycles. The number of rotatable bonds is 5. The fraction of sp³-hybridized carbons (Fsp3) is 0.652. The second kappa shape index (κ2) is 7.19. The minimum Gasteiger partial charge on any atom is -0.480 e. The number of sulfone groups is 1. The maximum Gasteiger partial charge on any atom is 0.185 e. The maximum atomic E-state index is 13.5. The van der Waals surface area contributed by atoms with E-state index in [-0.39, 0.29) is 29.5 Å². The van der Waals surface area contributed by atoms with Crippen molar-refractivity contribution >= 4 is 15.7 Å². The van der Waals surface area contributed by atoms with Crippen LogP contribution in [-0.2, 0) is 9.84 Å². The van der Waals surface area contributed by atoms with Crippen LogP contribution in [0, 0.1) is 47.4 Å². The number of nitrogens with zero attached hydrogens (tertiary/aromatic N) is 2. The zero-order valence-electron chi connectivity index (χ0n) is 18.5. The number of hydrogen-bond acceptors (Lipinski definition) is 5. The summed E-state index contributed by atoms with van der Waals surface area (Å²) in [5.74, 6) is 0.683. The van der Waals surface area contributed by atoms with Gasteiger partial charge in [0.2, 0.25) is 0 Å². The molecule has 168 valence electrons. The van der Waals surface area contributed by atoms with Crippen molar-refractivity contribution in [2.45, 2.75) is 69.3 Å². The largest absolute Gasteiger partial charge is 0.480 e. The van der Waals surface area contributed by atoms with Gasteiger partial charge in [-0.1, -0.05) is 0 Å². The fourth-order valence-corrected chi connectivity index (χ4v) is 7.98. The molecule has 8 heteroatoms. The van der Waals surface area contributed by atoms with Gasteiger partial charge in [0.15, 0.2) is 27.5 Å². The van der Waals surface area contributed by atoms with Gasteiger partial charge in [-0.25, -0.2) is 12.8 Å². The SMILES string of the molecule is Cc1cc(F)ccc1OC(C)(C)C(=N)N(C#N)C1C2CC3CC1CC(S(C)(=O)=O)(C3)C2. The van der Waals surface area contributed by atoms with Crippen molar-refractivity contribution in [1.29, 1.82) is 10.7 Å². The highest BCUT2D eigenvalue weighted by Crippen LogP contribution is 2.59. The van der Waals surface area contributed by atoms with E-state index < -0.39 is 20.2 Å². The molecule has 2 atom stereocenters. The summed E-state index contributed by atoms with van der Waals surface area (Å²) in [7, 11) is -3.19. The number of nitriles is 1. The van der Waals surface area contributed by atoms with Crippen LogP contribution < -0.4 is 4.74 Å². The molecular formula is C23H30FN3O3S. The first-order valence-electron chi connectivity index (χ1n) is 10.8. The van der Waals surface area contributed by atoms with Gasteiger partial charge in [0.25, 0.3) is 0 Å². The van der Waals surface area contributed by atoms with Crippen LogP contribution in [0.5, 0.6) is 5.75 Å². The Morgan fingerprint density at radius 2 is 1.90 bits per heavy atom. The van der Waals surface area contributed by atoms with Crippen LogP contribution in [0.15, 0.2) is 18.2 Å². The number of hydrogen-bond donors (Lipinski definition) is 1. The monoisotopic (exact) mass is 447 g/mol. The Hall–Kier alpha value is -2.14. The molecule has 0 radical (unpaired) electrons. The Kier molecular flexibility index (Phi) is 5.12. The summed E-state index contributed by atoms with van der Waals surface area (Å²) in [6, 6.07) is 4.04. The predicted octanol–water partition coefficient (Wildman–Crippen LogP) is 4.04. The van der Waals surface area contributed by atoms with Gasteiger partial charge in [0.1, 0.15) is 11.6 Å². The summed E-state index contributed by atoms with van der Waals surface area (Å²) in [6.07, 6.45) is 7.23. The Balaban J connectivity index is 1.59. The van der Waals surface area contributed by atoms with Gasteiger partial charge in [-0.05, 0) is 94.4 Å². The summed E-state index contributed by atoms with van der Waals surface area (Å²) in [6.45, 7) is 5.20. The summed E-state index contributed by atoms with van der Waals surface area (Å²) >= 11 is 0. The van der Waals surface area contributed by atoms with E-state index in [4.69, 9.17) is 10.1 Å². The molecule has 1 N–H and O–H groups in total. The average molecular weight is 448 g/mol. The van der Waals surface area contributed by atoms with Gasteiger partial charge in [0.05, 0.1) is 10.8 Å². The predicted molar refractivity (Wildman–Crippen MR) is 116 cm³/mol. The van der Waals surface area contributed by atoms with Crippen LogP contribution in [0.3, 0.4) is 0 Å². The average Bonchev–Trinajstić information content (AvgIpc) is 2.65. The van der Waals surface area contributed by atoms with Crippen LogP contribution in [0.4, 0.5) is 4.39 Å². The van der Waals surface area contributed by atoms with E-state index in [0.717, 1.165) is 19.3 Å². The van der Waals surface area contributed by atoms with Gasteiger partial charge in [0, 0.05) is 6.26 Å². The third-order valence-electron chi connectivity index (χ3n) is 7.67. The fourth-order valence-electron chi connectivity index (χ4n) is 6.40. The quantitative estimate of drug-likeness (QED) is 0.318. The smallest absolute Gasteiger partial charge is 0.185 e. The number of benzene rings is 1. The Morgan fingerprint density at radius 1 is 1.29 bits per heavy atom. The van der Waals surface area contributed by atoms with Crippen LogP contribution in [-0.4, -0.2) is 41.8 Å². The van der Waals surface area contributed by atoms with Crippen LogP contribution >= 0.6 is 0 Å². The summed E-state index contributed by atoms with van der Waals surface area (Å²) < 4.78 is 44.1. The van der Waals surface area contributed by atoms with E-state index in [2.05, 4.69) is 6.19 Å². The Bertz CT molecular complexity index is 1050. The normalized spacial score (nSPS) is 31.9. The summed E-state index contributed by atoms with van der Waals surface area (Å²) in [5.41, 5.74) is -0.490. The van der Waals surface area contributed by atoms with E-state index in [0.29, 0.717) is 30.1 Å². The minimum atomic E-state index is -3.19. The van der Waals surface area contributed by atoms with Crippen LogP contribution in [0.25, 0.3) is 0 Å². The third-order valence-corrected chi connectivity index (χ3v) is 9.75. The van der Waals surface area contributed by atoms with Crippen LogP contribution in [0.1, 0.15) is 51.5 Å². The zero-order valence-corrected chi connectivity index (χ0v) is 19.3. The third kappa shape index (κ3) is 3.61. The standard InChI is InChI=1S/C23H30FN3O3S/c1-14-7-18(24)5-6-19(14)30-22(2,3)21(26)27(13-25)20-16-8-15-9-17(20)12-23(10-15,11-16)31(4,28)29/h5-7,15-17,20,26H,8-12H2,1-4H3. The molecule has 31 heavy (non-hydrogen) atoms. The molecule has 0 amide bonds. The van der Waals surface area contributed by atoms with E-state index in [1.54, 1.807) is 20.8 Å². The number of halogens is 1. The van der Waals surface area contributed by atoms with Gasteiger partial charge < -0.3 is 4.74 Å². The molecule has 6 nitrogen and oxygen atoms in total. The highest BCUT2D eigenvalue weighted by Gasteiger charge is 2.61. The zero-order chi connectivity index (χ0) is 22.8. The minimum absolute atomic E-state index is 0.0459. The van der Waals surface area contributed by atoms with Gasteiger partial charge >= 0.3 is 0 Å². The molecule has 4 bridgehead atoms. The lowest BCUT2D eigenvalue weighted by molar-refractivity contribution is -0.0243. The Morgan fingerprint density at radius 3 is 2.42 bits per heavy atom. The molecule has 4 saturated carbocycles. The molecule has 1 aromatic carbocycles. The lowest BCUT2D eigenvalue weighted by atomic mass is 9.53. The summed E-state index contributed by atoms with van der Waals surface area (Å²) in [5, 5.41) is 18.9. The molecule has 4 aliphatic rings. The number of aryl methyl sites for hydroxylation is 1. The highest BCUT2D eigenvalue weighted by atomic mass is 32.2. The topological polar surface area (TPSA) is 94.2 Å². The maximum absolute atomic E-state index is 13.5. The van der Waals surface area contributed by atoms with Crippen molar-refractivity contribution in [2.75, 3.05) is 6.26 Å². The molecule has 1 aromatic rings. The Labute approximate surface area is 183 Å². The van der Waals surface area contributed by atoms with Crippen molar-refractivity contribution in [1.82, 2.24) is 4.90 Å². The molecular weight excluding hydrogens is 417 g/mol. The second-order valence-corrected chi connectivity index (χ2v) is 12.7. The number of ether oxygens (including phenoxy) is 1. The molecule has 4 aliphatic carbocycles. The lowest BCUT2D eigenvalue weighted by Gasteiger charge is -2.60. The molecule has 0 aromatic heterocycles. The molecule has 0 saturated heterocycles. The molecule has 0 spiro atoms. The molecule has 4 fully saturated rings. The van der Waals surface area contributed by atoms with Crippen molar-refractivity contribution in [3.8, 4) is 11.9 Å². The van der Waals surface area contributed by atoms with E-state index in [1.165, 1.54) is 29.4 Å². The molecule has 2 unspecified atom stereocenters. The molecule has 5 rings (SSSR count). The first-order valence-corrected chi connectivity index (χ1v) is 12.7. The van der Waals surface area contributed by atoms with E-state index >= 15 is 0 Å². The lowest BCUT2D eigenvalue weighted by Crippen LogP contribution is -2.65. The summed E-state index contributed by atoms with van der Waals surface area (Å²) in [4.78, 5) is 1.46.